The Morgan fingerprint density at radius 1 is 1.54 bits per heavy atom. The van der Waals surface area contributed by atoms with Crippen LogP contribution in [0.1, 0.15) is 5.56 Å². The van der Waals surface area contributed by atoms with E-state index in [-0.39, 0.29) is 17.0 Å². The van der Waals surface area contributed by atoms with E-state index >= 15 is 0 Å². The molecule has 0 spiro atoms. The van der Waals surface area contributed by atoms with E-state index in [1.807, 2.05) is 0 Å². The van der Waals surface area contributed by atoms with E-state index in [1.54, 1.807) is 0 Å². The van der Waals surface area contributed by atoms with Gasteiger partial charge >= 0.3 is 0 Å². The zero-order valence-electron chi connectivity index (χ0n) is 6.72. The third kappa shape index (κ3) is 1.95. The molecule has 0 fully saturated rings. The number of hydrogen-bond acceptors (Lipinski definition) is 2. The van der Waals surface area contributed by atoms with Gasteiger partial charge in [0.2, 0.25) is 0 Å². The number of phenols is 1. The maximum Gasteiger partial charge on any atom is 0.131 e. The maximum absolute atomic E-state index is 12.8. The number of benzene rings is 1. The first-order valence-electron chi connectivity index (χ1n) is 3.40. The highest BCUT2D eigenvalue weighted by atomic mass is 79.9. The lowest BCUT2D eigenvalue weighted by molar-refractivity contribution is 0.472. The van der Waals surface area contributed by atoms with Gasteiger partial charge in [0.1, 0.15) is 11.6 Å². The lowest BCUT2D eigenvalue weighted by Crippen LogP contribution is -1.80. The number of nitrogens with zero attached hydrogens (tertiary/aromatic N) is 1. The number of aromatic hydroxyl groups is 1. The summed E-state index contributed by atoms with van der Waals surface area (Å²) < 4.78 is 13.2. The number of phenolic OH excluding ortho intramolecular Hbond substituents is 1. The first-order valence-corrected chi connectivity index (χ1v) is 4.19. The smallest absolute Gasteiger partial charge is 0.131 e. The fourth-order valence-corrected chi connectivity index (χ4v) is 1.24. The van der Waals surface area contributed by atoms with Crippen LogP contribution in [0.15, 0.2) is 28.2 Å². The molecule has 1 rings (SSSR count). The van der Waals surface area contributed by atoms with Crippen molar-refractivity contribution in [2.24, 2.45) is 4.99 Å². The lowest BCUT2D eigenvalue weighted by Gasteiger charge is -2.04. The van der Waals surface area contributed by atoms with Gasteiger partial charge in [-0.15, -0.1) is 0 Å². The van der Waals surface area contributed by atoms with Gasteiger partial charge in [0.25, 0.3) is 0 Å². The standard InChI is InChI=1S/C9H7BrFNO/c1-5(11)6-3-7(10)9(13)4-8(6)12-2/h3-4,13H,1-2H2. The summed E-state index contributed by atoms with van der Waals surface area (Å²) in [5.41, 5.74) is 0.493. The van der Waals surface area contributed by atoms with Crippen LogP contribution in [0.5, 0.6) is 5.75 Å². The molecule has 0 heterocycles. The van der Waals surface area contributed by atoms with Gasteiger partial charge in [0.15, 0.2) is 0 Å². The van der Waals surface area contributed by atoms with E-state index in [0.29, 0.717) is 4.47 Å². The van der Waals surface area contributed by atoms with Crippen LogP contribution in [-0.4, -0.2) is 11.8 Å². The van der Waals surface area contributed by atoms with Crippen LogP contribution in [0.2, 0.25) is 0 Å². The highest BCUT2D eigenvalue weighted by Crippen LogP contribution is 2.35. The van der Waals surface area contributed by atoms with Gasteiger partial charge in [-0.2, -0.15) is 0 Å². The zero-order chi connectivity index (χ0) is 10.0. The summed E-state index contributed by atoms with van der Waals surface area (Å²) in [4.78, 5) is 3.56. The molecule has 0 saturated carbocycles. The van der Waals surface area contributed by atoms with Gasteiger partial charge in [-0.05, 0) is 28.7 Å². The predicted molar refractivity (Wildman–Crippen MR) is 55.2 cm³/mol. The molecule has 4 heteroatoms. The zero-order valence-corrected chi connectivity index (χ0v) is 8.31. The maximum atomic E-state index is 12.8. The molecular formula is C9H7BrFNO. The van der Waals surface area contributed by atoms with E-state index in [2.05, 4.69) is 34.2 Å². The van der Waals surface area contributed by atoms with E-state index < -0.39 is 5.83 Å². The summed E-state index contributed by atoms with van der Waals surface area (Å²) in [6.07, 6.45) is 0. The molecule has 13 heavy (non-hydrogen) atoms. The van der Waals surface area contributed by atoms with Gasteiger partial charge in [0.05, 0.1) is 10.2 Å². The largest absolute Gasteiger partial charge is 0.507 e. The van der Waals surface area contributed by atoms with Crippen molar-refractivity contribution >= 4 is 34.2 Å². The Labute approximate surface area is 83.6 Å². The molecule has 2 nitrogen and oxygen atoms in total. The average molecular weight is 244 g/mol. The second-order valence-corrected chi connectivity index (χ2v) is 3.24. The average Bonchev–Trinajstić information content (AvgIpc) is 2.08. The summed E-state index contributed by atoms with van der Waals surface area (Å²) in [5, 5.41) is 9.25. The summed E-state index contributed by atoms with van der Waals surface area (Å²) in [6.45, 7) is 6.41. The van der Waals surface area contributed by atoms with Crippen LogP contribution in [0.3, 0.4) is 0 Å². The molecule has 0 atom stereocenters. The summed E-state index contributed by atoms with van der Waals surface area (Å²) in [7, 11) is 0. The first kappa shape index (κ1) is 9.92. The molecule has 0 unspecified atom stereocenters. The molecule has 68 valence electrons. The summed E-state index contributed by atoms with van der Waals surface area (Å²) in [6, 6.07) is 2.72. The Hall–Kier alpha value is -1.16. The molecule has 0 aliphatic rings. The Morgan fingerprint density at radius 2 is 2.15 bits per heavy atom. The third-order valence-electron chi connectivity index (χ3n) is 1.53. The summed E-state index contributed by atoms with van der Waals surface area (Å²) >= 11 is 3.06. The SMILES string of the molecule is C=Nc1cc(O)c(Br)cc1C(=C)F. The highest BCUT2D eigenvalue weighted by molar-refractivity contribution is 9.10. The molecule has 0 aliphatic heterocycles. The molecular weight excluding hydrogens is 237 g/mol. The van der Waals surface area contributed by atoms with Gasteiger partial charge in [-0.1, -0.05) is 6.58 Å². The van der Waals surface area contributed by atoms with E-state index in [1.165, 1.54) is 12.1 Å². The quantitative estimate of drug-likeness (QED) is 0.794. The van der Waals surface area contributed by atoms with Gasteiger partial charge in [-0.3, -0.25) is 4.99 Å². The predicted octanol–water partition coefficient (Wildman–Crippen LogP) is 3.43. The molecule has 1 N–H and O–H groups in total. The first-order chi connectivity index (χ1) is 6.06. The monoisotopic (exact) mass is 243 g/mol. The number of rotatable bonds is 2. The summed E-state index contributed by atoms with van der Waals surface area (Å²) in [5.74, 6) is -0.615. The normalized spacial score (nSPS) is 9.69. The fourth-order valence-electron chi connectivity index (χ4n) is 0.899. The van der Waals surface area contributed by atoms with Crippen molar-refractivity contribution in [3.8, 4) is 5.75 Å². The lowest BCUT2D eigenvalue weighted by atomic mass is 10.1. The van der Waals surface area contributed by atoms with Crippen molar-refractivity contribution in [2.45, 2.75) is 0 Å². The third-order valence-corrected chi connectivity index (χ3v) is 2.16. The molecule has 1 aromatic carbocycles. The number of halogens is 2. The van der Waals surface area contributed by atoms with E-state index in [9.17, 15) is 9.50 Å². The molecule has 0 amide bonds. The number of aliphatic imine (C=N–C) groups is 1. The van der Waals surface area contributed by atoms with E-state index in [0.717, 1.165) is 0 Å². The van der Waals surface area contributed by atoms with Crippen molar-refractivity contribution in [2.75, 3.05) is 0 Å². The van der Waals surface area contributed by atoms with Crippen LogP contribution in [0.4, 0.5) is 10.1 Å². The van der Waals surface area contributed by atoms with Crippen LogP contribution in [0.25, 0.3) is 5.83 Å². The van der Waals surface area contributed by atoms with Crippen LogP contribution in [0, 0.1) is 0 Å². The fraction of sp³-hybridized carbons (Fsp3) is 0. The second kappa shape index (κ2) is 3.70. The van der Waals surface area contributed by atoms with Gasteiger partial charge in [-0.25, -0.2) is 4.39 Å². The second-order valence-electron chi connectivity index (χ2n) is 2.38. The molecule has 0 bridgehead atoms. The van der Waals surface area contributed by atoms with Gasteiger partial charge < -0.3 is 5.11 Å². The Bertz CT molecular complexity index is 376. The highest BCUT2D eigenvalue weighted by Gasteiger charge is 2.08. The van der Waals surface area contributed by atoms with Gasteiger partial charge in [0, 0.05) is 11.6 Å². The molecule has 0 saturated heterocycles. The topological polar surface area (TPSA) is 32.6 Å². The van der Waals surface area contributed by atoms with Crippen molar-refractivity contribution in [3.63, 3.8) is 0 Å². The molecule has 1 aromatic rings. The van der Waals surface area contributed by atoms with Crippen LogP contribution < -0.4 is 0 Å². The minimum absolute atomic E-state index is 0.00704. The van der Waals surface area contributed by atoms with Crippen molar-refractivity contribution in [1.29, 1.82) is 0 Å². The van der Waals surface area contributed by atoms with Crippen molar-refractivity contribution < 1.29 is 9.50 Å². The number of hydrogen-bond donors (Lipinski definition) is 1. The van der Waals surface area contributed by atoms with Crippen LogP contribution in [-0.2, 0) is 0 Å². The Balaban J connectivity index is 3.41. The molecule has 0 radical (unpaired) electrons. The molecule has 0 aliphatic carbocycles. The van der Waals surface area contributed by atoms with Crippen molar-refractivity contribution in [3.05, 3.63) is 28.7 Å². The molecule has 0 aromatic heterocycles. The Kier molecular flexibility index (Phi) is 2.83. The minimum Gasteiger partial charge on any atom is -0.507 e. The van der Waals surface area contributed by atoms with Crippen molar-refractivity contribution in [1.82, 2.24) is 0 Å². The minimum atomic E-state index is -0.608. The van der Waals surface area contributed by atoms with Crippen LogP contribution >= 0.6 is 15.9 Å². The van der Waals surface area contributed by atoms with E-state index in [4.69, 9.17) is 0 Å². The Morgan fingerprint density at radius 3 is 2.62 bits per heavy atom.